The lowest BCUT2D eigenvalue weighted by Gasteiger charge is -2.35. The molecule has 3 rings (SSSR count). The number of nitrogens with two attached hydrogens (primary N) is 1. The molecule has 0 amide bonds. The Morgan fingerprint density at radius 3 is 2.58 bits per heavy atom. The minimum atomic E-state index is -2.70. The third-order valence-electron chi connectivity index (χ3n) is 3.69. The zero-order valence-corrected chi connectivity index (χ0v) is 13.4. The van der Waals surface area contributed by atoms with Crippen LogP contribution < -0.4 is 10.6 Å². The Bertz CT molecular complexity index is 719. The molecule has 9 heteroatoms. The van der Waals surface area contributed by atoms with Crippen molar-refractivity contribution < 1.29 is 13.5 Å². The highest BCUT2D eigenvalue weighted by molar-refractivity contribution is 5.62. The molecule has 0 aromatic carbocycles. The van der Waals surface area contributed by atoms with E-state index >= 15 is 0 Å². The average Bonchev–Trinajstić information content (AvgIpc) is 2.54. The van der Waals surface area contributed by atoms with Crippen LogP contribution in [0.1, 0.15) is 25.8 Å². The first kappa shape index (κ1) is 16.4. The van der Waals surface area contributed by atoms with E-state index < -0.39 is 6.43 Å². The number of nitrogens with zero attached hydrogens (tertiary/aromatic N) is 5. The molecule has 2 N–H and O–H groups in total. The molecule has 2 aromatic rings. The van der Waals surface area contributed by atoms with Gasteiger partial charge in [-0.15, -0.1) is 0 Å². The number of ether oxygens (including phenoxy) is 1. The summed E-state index contributed by atoms with van der Waals surface area (Å²) in [5.41, 5.74) is 5.40. The predicted molar refractivity (Wildman–Crippen MR) is 84.6 cm³/mol. The number of morpholine rings is 1. The maximum Gasteiger partial charge on any atom is 0.264 e. The summed E-state index contributed by atoms with van der Waals surface area (Å²) >= 11 is 0. The molecule has 1 aliphatic rings. The van der Waals surface area contributed by atoms with Crippen molar-refractivity contribution in [3.8, 4) is 11.4 Å². The van der Waals surface area contributed by atoms with E-state index in [0.717, 1.165) is 6.07 Å². The van der Waals surface area contributed by atoms with Gasteiger partial charge in [-0.3, -0.25) is 0 Å². The molecule has 7 nitrogen and oxygen atoms in total. The third kappa shape index (κ3) is 3.40. The normalized spacial score (nSPS) is 21.3. The zero-order chi connectivity index (χ0) is 17.3. The largest absolute Gasteiger partial charge is 0.384 e. The average molecular weight is 336 g/mol. The van der Waals surface area contributed by atoms with E-state index in [1.165, 1.54) is 12.5 Å². The van der Waals surface area contributed by atoms with Crippen LogP contribution in [-0.4, -0.2) is 45.2 Å². The van der Waals surface area contributed by atoms with Crippen LogP contribution in [0.15, 0.2) is 18.6 Å². The highest BCUT2D eigenvalue weighted by Gasteiger charge is 2.25. The van der Waals surface area contributed by atoms with Crippen LogP contribution >= 0.6 is 0 Å². The standard InChI is InChI=1S/C15H18F2N6O/c1-8-5-23(6-9(2)24-8)15-21-7-20-14(22-15)11-4-19-12(18)3-10(11)13(16)17/h3-4,7-9,13H,5-6H2,1-2H3,(H2,18,19)/t8-,9+. The number of halogens is 2. The Labute approximate surface area is 137 Å². The van der Waals surface area contributed by atoms with Crippen LogP contribution in [-0.2, 0) is 4.74 Å². The highest BCUT2D eigenvalue weighted by Crippen LogP contribution is 2.30. The van der Waals surface area contributed by atoms with Gasteiger partial charge in [0.25, 0.3) is 6.43 Å². The number of nitrogen functional groups attached to an aromatic ring is 1. The van der Waals surface area contributed by atoms with Crippen molar-refractivity contribution in [3.05, 3.63) is 24.2 Å². The predicted octanol–water partition coefficient (Wildman–Crippen LogP) is 2.07. The molecule has 1 fully saturated rings. The van der Waals surface area contributed by atoms with Crippen molar-refractivity contribution in [3.63, 3.8) is 0 Å². The maximum absolute atomic E-state index is 13.3. The molecule has 0 spiro atoms. The summed E-state index contributed by atoms with van der Waals surface area (Å²) in [4.78, 5) is 18.4. The highest BCUT2D eigenvalue weighted by atomic mass is 19.3. The van der Waals surface area contributed by atoms with Crippen LogP contribution in [0.5, 0.6) is 0 Å². The summed E-state index contributed by atoms with van der Waals surface area (Å²) in [6, 6.07) is 1.14. The summed E-state index contributed by atoms with van der Waals surface area (Å²) < 4.78 is 32.2. The summed E-state index contributed by atoms with van der Waals surface area (Å²) in [7, 11) is 0. The molecular formula is C15H18F2N6O. The fraction of sp³-hybridized carbons (Fsp3) is 0.467. The molecule has 128 valence electrons. The number of hydrogen-bond donors (Lipinski definition) is 1. The van der Waals surface area contributed by atoms with Gasteiger partial charge in [0.15, 0.2) is 5.82 Å². The number of anilines is 2. The molecule has 0 unspecified atom stereocenters. The molecule has 0 aliphatic carbocycles. The first-order valence-corrected chi connectivity index (χ1v) is 7.57. The van der Waals surface area contributed by atoms with Crippen LogP contribution in [0.2, 0.25) is 0 Å². The second-order valence-electron chi connectivity index (χ2n) is 5.77. The Morgan fingerprint density at radius 1 is 1.21 bits per heavy atom. The quantitative estimate of drug-likeness (QED) is 0.917. The SMILES string of the molecule is C[C@@H]1CN(c2ncnc(-c3cnc(N)cc3C(F)F)n2)C[C@H](C)O1. The van der Waals surface area contributed by atoms with E-state index in [1.807, 2.05) is 18.7 Å². The van der Waals surface area contributed by atoms with Crippen molar-refractivity contribution >= 4 is 11.8 Å². The zero-order valence-electron chi connectivity index (χ0n) is 13.4. The van der Waals surface area contributed by atoms with Crippen LogP contribution in [0, 0.1) is 0 Å². The van der Waals surface area contributed by atoms with Crippen molar-refractivity contribution in [2.24, 2.45) is 0 Å². The van der Waals surface area contributed by atoms with Crippen molar-refractivity contribution in [1.82, 2.24) is 19.9 Å². The van der Waals surface area contributed by atoms with Gasteiger partial charge in [-0.2, -0.15) is 4.98 Å². The number of hydrogen-bond acceptors (Lipinski definition) is 7. The van der Waals surface area contributed by atoms with Gasteiger partial charge in [0.1, 0.15) is 12.1 Å². The first-order chi connectivity index (χ1) is 11.4. The molecule has 1 aliphatic heterocycles. The van der Waals surface area contributed by atoms with Gasteiger partial charge in [-0.25, -0.2) is 23.7 Å². The van der Waals surface area contributed by atoms with Crippen LogP contribution in [0.25, 0.3) is 11.4 Å². The fourth-order valence-electron chi connectivity index (χ4n) is 2.77. The van der Waals surface area contributed by atoms with Crippen molar-refractivity contribution in [2.75, 3.05) is 23.7 Å². The summed E-state index contributed by atoms with van der Waals surface area (Å²) in [5, 5.41) is 0. The molecular weight excluding hydrogens is 318 g/mol. The second kappa shape index (κ2) is 6.60. The van der Waals surface area contributed by atoms with E-state index in [4.69, 9.17) is 10.5 Å². The van der Waals surface area contributed by atoms with Crippen LogP contribution in [0.4, 0.5) is 20.5 Å². The van der Waals surface area contributed by atoms with Crippen molar-refractivity contribution in [1.29, 1.82) is 0 Å². The summed E-state index contributed by atoms with van der Waals surface area (Å²) in [6.07, 6.45) is -0.0595. The first-order valence-electron chi connectivity index (χ1n) is 7.57. The summed E-state index contributed by atoms with van der Waals surface area (Å²) in [6.45, 7) is 5.16. The Morgan fingerprint density at radius 2 is 1.92 bits per heavy atom. The molecule has 24 heavy (non-hydrogen) atoms. The van der Waals surface area contributed by atoms with Gasteiger partial charge in [0.05, 0.1) is 12.2 Å². The number of pyridine rings is 1. The minimum absolute atomic E-state index is 0.0270. The molecule has 2 atom stereocenters. The van der Waals surface area contributed by atoms with Gasteiger partial charge >= 0.3 is 0 Å². The Kier molecular flexibility index (Phi) is 4.52. The molecule has 0 bridgehead atoms. The monoisotopic (exact) mass is 336 g/mol. The van der Waals surface area contributed by atoms with Gasteiger partial charge in [-0.1, -0.05) is 0 Å². The van der Waals surface area contributed by atoms with E-state index in [1.54, 1.807) is 0 Å². The van der Waals surface area contributed by atoms with E-state index in [-0.39, 0.29) is 35.0 Å². The Balaban J connectivity index is 1.97. The topological polar surface area (TPSA) is 90.1 Å². The van der Waals surface area contributed by atoms with Crippen LogP contribution in [0.3, 0.4) is 0 Å². The Hall–Kier alpha value is -2.42. The summed E-state index contributed by atoms with van der Waals surface area (Å²) in [5.74, 6) is 0.604. The van der Waals surface area contributed by atoms with Gasteiger partial charge in [0, 0.05) is 30.4 Å². The lowest BCUT2D eigenvalue weighted by atomic mass is 10.1. The van der Waals surface area contributed by atoms with E-state index in [9.17, 15) is 8.78 Å². The number of rotatable bonds is 3. The molecule has 0 saturated carbocycles. The molecule has 1 saturated heterocycles. The molecule has 0 radical (unpaired) electrons. The number of alkyl halides is 2. The minimum Gasteiger partial charge on any atom is -0.384 e. The molecule has 2 aromatic heterocycles. The smallest absolute Gasteiger partial charge is 0.264 e. The van der Waals surface area contributed by atoms with Gasteiger partial charge < -0.3 is 15.4 Å². The number of aromatic nitrogens is 4. The van der Waals surface area contributed by atoms with E-state index in [0.29, 0.717) is 19.0 Å². The van der Waals surface area contributed by atoms with Crippen molar-refractivity contribution in [2.45, 2.75) is 32.5 Å². The van der Waals surface area contributed by atoms with Gasteiger partial charge in [-0.05, 0) is 19.9 Å². The maximum atomic E-state index is 13.3. The van der Waals surface area contributed by atoms with Gasteiger partial charge in [0.2, 0.25) is 5.95 Å². The van der Waals surface area contributed by atoms with E-state index in [2.05, 4.69) is 19.9 Å². The fourth-order valence-corrected chi connectivity index (χ4v) is 2.77. The third-order valence-corrected chi connectivity index (χ3v) is 3.69. The second-order valence-corrected chi connectivity index (χ2v) is 5.77. The lowest BCUT2D eigenvalue weighted by Crippen LogP contribution is -2.46. The molecule has 3 heterocycles. The lowest BCUT2D eigenvalue weighted by molar-refractivity contribution is -0.00572.